The number of hydrogen-bond donors (Lipinski definition) is 1. The van der Waals surface area contributed by atoms with E-state index in [0.717, 1.165) is 24.8 Å². The van der Waals surface area contributed by atoms with E-state index in [9.17, 15) is 5.11 Å². The molecule has 0 spiro atoms. The Balaban J connectivity index is 2.25. The predicted molar refractivity (Wildman–Crippen MR) is 84.8 cm³/mol. The molecule has 20 heavy (non-hydrogen) atoms. The molecule has 0 bridgehead atoms. The summed E-state index contributed by atoms with van der Waals surface area (Å²) in [5.41, 5.74) is 2.67. The molecule has 0 aromatic heterocycles. The van der Waals surface area contributed by atoms with Crippen LogP contribution in [0.5, 0.6) is 0 Å². The predicted octanol–water partition coefficient (Wildman–Crippen LogP) is 3.79. The van der Waals surface area contributed by atoms with E-state index < -0.39 is 0 Å². The number of benzene rings is 1. The highest BCUT2D eigenvalue weighted by molar-refractivity contribution is 5.31. The van der Waals surface area contributed by atoms with Crippen LogP contribution in [0.3, 0.4) is 0 Å². The molecule has 0 radical (unpaired) electrons. The van der Waals surface area contributed by atoms with Crippen molar-refractivity contribution in [3.05, 3.63) is 35.4 Å². The van der Waals surface area contributed by atoms with Gasteiger partial charge in [-0.1, -0.05) is 45.0 Å². The monoisotopic (exact) mass is 275 g/mol. The van der Waals surface area contributed by atoms with Crippen LogP contribution >= 0.6 is 0 Å². The molecule has 1 aromatic rings. The normalized spacial score (nSPS) is 25.1. The Morgan fingerprint density at radius 3 is 2.55 bits per heavy atom. The van der Waals surface area contributed by atoms with Gasteiger partial charge in [0.15, 0.2) is 0 Å². The summed E-state index contributed by atoms with van der Waals surface area (Å²) in [6.45, 7) is 9.07. The average Bonchev–Trinajstić information content (AvgIpc) is 2.56. The Morgan fingerprint density at radius 1 is 1.25 bits per heavy atom. The molecule has 2 rings (SSSR count). The molecule has 0 amide bonds. The van der Waals surface area contributed by atoms with Crippen LogP contribution in [-0.2, 0) is 6.42 Å². The van der Waals surface area contributed by atoms with Gasteiger partial charge in [-0.2, -0.15) is 0 Å². The Morgan fingerprint density at radius 2 is 1.90 bits per heavy atom. The smallest absolute Gasteiger partial charge is 0.0947 e. The quantitative estimate of drug-likeness (QED) is 0.830. The van der Waals surface area contributed by atoms with Gasteiger partial charge < -0.3 is 5.11 Å². The van der Waals surface area contributed by atoms with Gasteiger partial charge in [-0.15, -0.1) is 0 Å². The number of aryl methyl sites for hydroxylation is 1. The van der Waals surface area contributed by atoms with E-state index in [-0.39, 0.29) is 17.6 Å². The molecule has 2 heteroatoms. The van der Waals surface area contributed by atoms with Crippen molar-refractivity contribution in [1.82, 2.24) is 4.90 Å². The molecular weight excluding hydrogens is 246 g/mol. The molecule has 1 aromatic carbocycles. The van der Waals surface area contributed by atoms with Gasteiger partial charge in [-0.3, -0.25) is 4.90 Å². The summed E-state index contributed by atoms with van der Waals surface area (Å²) >= 11 is 0. The molecule has 0 saturated carbocycles. The molecule has 0 fully saturated rings. The van der Waals surface area contributed by atoms with Gasteiger partial charge in [0.25, 0.3) is 0 Å². The number of rotatable bonds is 2. The molecule has 1 aliphatic rings. The molecule has 0 saturated heterocycles. The summed E-state index contributed by atoms with van der Waals surface area (Å²) in [6, 6.07) is 9.02. The van der Waals surface area contributed by atoms with Gasteiger partial charge in [0.1, 0.15) is 0 Å². The standard InChI is InChI=1S/C18H29NO/c1-13(18(2,3)4)19(5)16-12-8-10-14-9-6-7-11-15(14)17(16)20/h6-7,9,11,13,16-17,20H,8,10,12H2,1-5H3. The van der Waals surface area contributed by atoms with Crippen molar-refractivity contribution in [2.45, 2.75) is 65.1 Å². The van der Waals surface area contributed by atoms with E-state index >= 15 is 0 Å². The van der Waals surface area contributed by atoms with Gasteiger partial charge in [0.2, 0.25) is 0 Å². The van der Waals surface area contributed by atoms with Gasteiger partial charge in [-0.05, 0) is 49.8 Å². The van der Waals surface area contributed by atoms with E-state index in [1.54, 1.807) is 0 Å². The number of aliphatic hydroxyl groups is 1. The highest BCUT2D eigenvalue weighted by Gasteiger charge is 2.34. The highest BCUT2D eigenvalue weighted by atomic mass is 16.3. The van der Waals surface area contributed by atoms with Crippen molar-refractivity contribution >= 4 is 0 Å². The fraction of sp³-hybridized carbons (Fsp3) is 0.667. The third-order valence-corrected chi connectivity index (χ3v) is 5.07. The molecule has 112 valence electrons. The Kier molecular flexibility index (Phi) is 4.55. The van der Waals surface area contributed by atoms with E-state index in [0.29, 0.717) is 6.04 Å². The first-order chi connectivity index (χ1) is 9.32. The van der Waals surface area contributed by atoms with Gasteiger partial charge >= 0.3 is 0 Å². The first-order valence-corrected chi connectivity index (χ1v) is 7.80. The van der Waals surface area contributed by atoms with E-state index in [1.807, 2.05) is 6.07 Å². The zero-order valence-electron chi connectivity index (χ0n) is 13.6. The van der Waals surface area contributed by atoms with Crippen molar-refractivity contribution in [1.29, 1.82) is 0 Å². The number of nitrogens with zero attached hydrogens (tertiary/aromatic N) is 1. The van der Waals surface area contributed by atoms with E-state index in [2.05, 4.69) is 57.8 Å². The van der Waals surface area contributed by atoms with Gasteiger partial charge in [-0.25, -0.2) is 0 Å². The van der Waals surface area contributed by atoms with E-state index in [1.165, 1.54) is 5.56 Å². The number of aliphatic hydroxyl groups excluding tert-OH is 1. The maximum Gasteiger partial charge on any atom is 0.0947 e. The molecule has 1 N–H and O–H groups in total. The SMILES string of the molecule is CC(N(C)C1CCCc2ccccc2C1O)C(C)(C)C. The van der Waals surface area contributed by atoms with Crippen molar-refractivity contribution < 1.29 is 5.11 Å². The average molecular weight is 275 g/mol. The van der Waals surface area contributed by atoms with Crippen molar-refractivity contribution in [3.8, 4) is 0 Å². The Bertz CT molecular complexity index is 449. The Hall–Kier alpha value is -0.860. The van der Waals surface area contributed by atoms with Gasteiger partial charge in [0, 0.05) is 12.1 Å². The molecule has 1 aliphatic carbocycles. The molecule has 3 atom stereocenters. The minimum absolute atomic E-state index is 0.216. The summed E-state index contributed by atoms with van der Waals surface area (Å²) in [4.78, 5) is 2.38. The van der Waals surface area contributed by atoms with E-state index in [4.69, 9.17) is 0 Å². The first kappa shape index (κ1) is 15.5. The largest absolute Gasteiger partial charge is 0.387 e. The molecule has 2 nitrogen and oxygen atoms in total. The Labute approximate surface area is 123 Å². The summed E-state index contributed by atoms with van der Waals surface area (Å²) in [6.07, 6.45) is 2.93. The topological polar surface area (TPSA) is 23.5 Å². The zero-order valence-corrected chi connectivity index (χ0v) is 13.6. The van der Waals surface area contributed by atoms with Crippen LogP contribution < -0.4 is 0 Å². The third kappa shape index (κ3) is 3.07. The van der Waals surface area contributed by atoms with Crippen molar-refractivity contribution in [2.75, 3.05) is 7.05 Å². The minimum Gasteiger partial charge on any atom is -0.387 e. The zero-order chi connectivity index (χ0) is 14.9. The second-order valence-electron chi connectivity index (χ2n) is 7.31. The lowest BCUT2D eigenvalue weighted by atomic mass is 9.85. The first-order valence-electron chi connectivity index (χ1n) is 7.80. The lowest BCUT2D eigenvalue weighted by Gasteiger charge is -2.41. The van der Waals surface area contributed by atoms with Crippen molar-refractivity contribution in [3.63, 3.8) is 0 Å². The number of likely N-dealkylation sites (N-methyl/N-ethyl adjacent to an activating group) is 1. The van der Waals surface area contributed by atoms with Crippen LogP contribution in [0.2, 0.25) is 0 Å². The fourth-order valence-corrected chi connectivity index (χ4v) is 3.24. The molecular formula is C18H29NO. The summed E-state index contributed by atoms with van der Waals surface area (Å²) in [7, 11) is 2.16. The highest BCUT2D eigenvalue weighted by Crippen LogP contribution is 2.34. The molecule has 3 unspecified atom stereocenters. The molecule has 0 aliphatic heterocycles. The maximum atomic E-state index is 10.8. The lowest BCUT2D eigenvalue weighted by Crippen LogP contribution is -2.47. The van der Waals surface area contributed by atoms with Crippen LogP contribution in [0.15, 0.2) is 24.3 Å². The fourth-order valence-electron chi connectivity index (χ4n) is 3.24. The summed E-state index contributed by atoms with van der Waals surface area (Å²) in [5.74, 6) is 0. The summed E-state index contributed by atoms with van der Waals surface area (Å²) < 4.78 is 0. The summed E-state index contributed by atoms with van der Waals surface area (Å²) in [5, 5.41) is 10.8. The van der Waals surface area contributed by atoms with Gasteiger partial charge in [0.05, 0.1) is 6.10 Å². The molecule has 0 heterocycles. The lowest BCUT2D eigenvalue weighted by molar-refractivity contribution is 0.0112. The van der Waals surface area contributed by atoms with Crippen molar-refractivity contribution in [2.24, 2.45) is 5.41 Å². The van der Waals surface area contributed by atoms with Crippen LogP contribution in [-0.4, -0.2) is 29.1 Å². The van der Waals surface area contributed by atoms with Crippen LogP contribution in [0.25, 0.3) is 0 Å². The number of hydrogen-bond acceptors (Lipinski definition) is 2. The minimum atomic E-state index is -0.372. The van der Waals surface area contributed by atoms with Crippen LogP contribution in [0, 0.1) is 5.41 Å². The second-order valence-corrected chi connectivity index (χ2v) is 7.31. The second kappa shape index (κ2) is 5.87. The third-order valence-electron chi connectivity index (χ3n) is 5.07. The maximum absolute atomic E-state index is 10.8. The van der Waals surface area contributed by atoms with Crippen LogP contribution in [0.1, 0.15) is 57.8 Å². The number of fused-ring (bicyclic) bond motifs is 1. The van der Waals surface area contributed by atoms with Crippen LogP contribution in [0.4, 0.5) is 0 Å².